The average molecular weight is 234 g/mol. The maximum atomic E-state index is 5.94. The Labute approximate surface area is 106 Å². The number of nitrogens with two attached hydrogens (primary N) is 1. The first-order chi connectivity index (χ1) is 8.00. The van der Waals surface area contributed by atoms with Crippen molar-refractivity contribution in [2.45, 2.75) is 32.7 Å². The Morgan fingerprint density at radius 1 is 1.24 bits per heavy atom. The molecule has 0 saturated carbocycles. The van der Waals surface area contributed by atoms with Crippen molar-refractivity contribution in [3.63, 3.8) is 0 Å². The molecule has 2 nitrogen and oxygen atoms in total. The Balaban J connectivity index is 2.57. The highest BCUT2D eigenvalue weighted by Gasteiger charge is 2.30. The van der Waals surface area contributed by atoms with E-state index in [-0.39, 0.29) is 5.54 Å². The Kier molecular flexibility index (Phi) is 5.16. The van der Waals surface area contributed by atoms with E-state index in [1.807, 2.05) is 0 Å². The molecule has 96 valence electrons. The summed E-state index contributed by atoms with van der Waals surface area (Å²) in [5, 5.41) is 0. The molecule has 1 unspecified atom stereocenters. The lowest BCUT2D eigenvalue weighted by Crippen LogP contribution is -2.54. The van der Waals surface area contributed by atoms with Crippen LogP contribution in [0.2, 0.25) is 0 Å². The van der Waals surface area contributed by atoms with Crippen LogP contribution in [0.4, 0.5) is 0 Å². The number of likely N-dealkylation sites (N-methyl/N-ethyl adjacent to an activating group) is 1. The fraction of sp³-hybridized carbons (Fsp3) is 0.600. The summed E-state index contributed by atoms with van der Waals surface area (Å²) in [4.78, 5) is 2.39. The van der Waals surface area contributed by atoms with E-state index < -0.39 is 0 Å². The van der Waals surface area contributed by atoms with Gasteiger partial charge in [0.2, 0.25) is 0 Å². The normalized spacial score (nSPS) is 15.2. The lowest BCUT2D eigenvalue weighted by atomic mass is 9.86. The zero-order valence-electron chi connectivity index (χ0n) is 11.6. The van der Waals surface area contributed by atoms with Gasteiger partial charge < -0.3 is 5.73 Å². The van der Waals surface area contributed by atoms with E-state index >= 15 is 0 Å². The van der Waals surface area contributed by atoms with Crippen molar-refractivity contribution in [1.82, 2.24) is 4.90 Å². The van der Waals surface area contributed by atoms with Crippen molar-refractivity contribution in [2.24, 2.45) is 11.7 Å². The molecule has 0 aliphatic heterocycles. The third-order valence-corrected chi connectivity index (χ3v) is 4.11. The van der Waals surface area contributed by atoms with E-state index in [1.165, 1.54) is 5.56 Å². The molecule has 0 radical (unpaired) electrons. The van der Waals surface area contributed by atoms with Crippen LogP contribution in [0.5, 0.6) is 0 Å². The summed E-state index contributed by atoms with van der Waals surface area (Å²) in [6.45, 7) is 8.49. The van der Waals surface area contributed by atoms with Crippen LogP contribution >= 0.6 is 0 Å². The zero-order valence-corrected chi connectivity index (χ0v) is 11.6. The van der Waals surface area contributed by atoms with E-state index in [4.69, 9.17) is 5.73 Å². The zero-order chi connectivity index (χ0) is 12.9. The first-order valence-electron chi connectivity index (χ1n) is 6.46. The third-order valence-electron chi connectivity index (χ3n) is 4.11. The van der Waals surface area contributed by atoms with Gasteiger partial charge in [-0.05, 0) is 31.9 Å². The maximum absolute atomic E-state index is 5.94. The Bertz CT molecular complexity index is 321. The van der Waals surface area contributed by atoms with Crippen LogP contribution in [-0.4, -0.2) is 30.6 Å². The van der Waals surface area contributed by atoms with E-state index in [9.17, 15) is 0 Å². The molecule has 2 heteroatoms. The van der Waals surface area contributed by atoms with Crippen LogP contribution in [-0.2, 0) is 6.42 Å². The van der Waals surface area contributed by atoms with Gasteiger partial charge in [-0.15, -0.1) is 0 Å². The van der Waals surface area contributed by atoms with Crippen molar-refractivity contribution in [2.75, 3.05) is 20.1 Å². The van der Waals surface area contributed by atoms with E-state index in [0.717, 1.165) is 13.0 Å². The molecule has 1 aromatic rings. The molecule has 0 aliphatic rings. The molecule has 2 N–H and O–H groups in total. The first-order valence-corrected chi connectivity index (χ1v) is 6.46. The molecule has 1 aromatic carbocycles. The van der Waals surface area contributed by atoms with Crippen LogP contribution < -0.4 is 5.73 Å². The molecule has 0 spiro atoms. The van der Waals surface area contributed by atoms with Gasteiger partial charge in [0.15, 0.2) is 0 Å². The van der Waals surface area contributed by atoms with Crippen LogP contribution in [0.25, 0.3) is 0 Å². The Morgan fingerprint density at radius 3 is 2.29 bits per heavy atom. The number of nitrogens with zero attached hydrogens (tertiary/aromatic N) is 1. The summed E-state index contributed by atoms with van der Waals surface area (Å²) in [6.07, 6.45) is 1.08. The van der Waals surface area contributed by atoms with Crippen LogP contribution in [0.3, 0.4) is 0 Å². The van der Waals surface area contributed by atoms with E-state index in [1.54, 1.807) is 0 Å². The fourth-order valence-electron chi connectivity index (χ4n) is 2.03. The Hall–Kier alpha value is -0.860. The van der Waals surface area contributed by atoms with Crippen molar-refractivity contribution in [3.8, 4) is 0 Å². The van der Waals surface area contributed by atoms with E-state index in [0.29, 0.717) is 12.5 Å². The standard InChI is InChI=1S/C15H26N2/c1-13(2)15(3,12-16)17(4)11-10-14-8-6-5-7-9-14/h5-9,13H,10-12,16H2,1-4H3. The van der Waals surface area contributed by atoms with Gasteiger partial charge in [0.1, 0.15) is 0 Å². The molecular weight excluding hydrogens is 208 g/mol. The minimum atomic E-state index is 0.0920. The van der Waals surface area contributed by atoms with Gasteiger partial charge in [-0.3, -0.25) is 4.90 Å². The van der Waals surface area contributed by atoms with Gasteiger partial charge in [-0.25, -0.2) is 0 Å². The minimum absolute atomic E-state index is 0.0920. The van der Waals surface area contributed by atoms with Crippen LogP contribution in [0.1, 0.15) is 26.3 Å². The molecule has 1 atom stereocenters. The van der Waals surface area contributed by atoms with Crippen molar-refractivity contribution in [3.05, 3.63) is 35.9 Å². The largest absolute Gasteiger partial charge is 0.329 e. The molecule has 0 amide bonds. The van der Waals surface area contributed by atoms with Gasteiger partial charge in [0.25, 0.3) is 0 Å². The molecule has 0 bridgehead atoms. The summed E-state index contributed by atoms with van der Waals surface area (Å²) < 4.78 is 0. The summed E-state index contributed by atoms with van der Waals surface area (Å²) >= 11 is 0. The smallest absolute Gasteiger partial charge is 0.0323 e. The maximum Gasteiger partial charge on any atom is 0.0323 e. The van der Waals surface area contributed by atoms with Crippen molar-refractivity contribution < 1.29 is 0 Å². The summed E-state index contributed by atoms with van der Waals surface area (Å²) in [5.74, 6) is 0.563. The second-order valence-electron chi connectivity index (χ2n) is 5.37. The highest BCUT2D eigenvalue weighted by Crippen LogP contribution is 2.22. The lowest BCUT2D eigenvalue weighted by Gasteiger charge is -2.41. The van der Waals surface area contributed by atoms with Gasteiger partial charge in [0.05, 0.1) is 0 Å². The van der Waals surface area contributed by atoms with Crippen LogP contribution in [0, 0.1) is 5.92 Å². The van der Waals surface area contributed by atoms with Gasteiger partial charge in [-0.1, -0.05) is 44.2 Å². The third kappa shape index (κ3) is 3.55. The predicted molar refractivity (Wildman–Crippen MR) is 75.1 cm³/mol. The number of rotatable bonds is 6. The monoisotopic (exact) mass is 234 g/mol. The average Bonchev–Trinajstić information content (AvgIpc) is 2.35. The second-order valence-corrected chi connectivity index (χ2v) is 5.37. The molecule has 0 heterocycles. The SMILES string of the molecule is CC(C)C(C)(CN)N(C)CCc1ccccc1. The quantitative estimate of drug-likeness (QED) is 0.819. The van der Waals surface area contributed by atoms with Gasteiger partial charge >= 0.3 is 0 Å². The summed E-state index contributed by atoms with van der Waals surface area (Å²) in [7, 11) is 2.18. The molecular formula is C15H26N2. The number of hydrogen-bond acceptors (Lipinski definition) is 2. The summed E-state index contributed by atoms with van der Waals surface area (Å²) in [6, 6.07) is 10.6. The second kappa shape index (κ2) is 6.18. The number of hydrogen-bond donors (Lipinski definition) is 1. The van der Waals surface area contributed by atoms with Crippen LogP contribution in [0.15, 0.2) is 30.3 Å². The van der Waals surface area contributed by atoms with Crippen molar-refractivity contribution >= 4 is 0 Å². The van der Waals surface area contributed by atoms with E-state index in [2.05, 4.69) is 63.1 Å². The minimum Gasteiger partial charge on any atom is -0.329 e. The molecule has 0 aromatic heterocycles. The predicted octanol–water partition coefficient (Wildman–Crippen LogP) is 2.53. The molecule has 1 rings (SSSR count). The fourth-order valence-corrected chi connectivity index (χ4v) is 2.03. The molecule has 0 aliphatic carbocycles. The number of benzene rings is 1. The van der Waals surface area contributed by atoms with Gasteiger partial charge in [-0.2, -0.15) is 0 Å². The Morgan fingerprint density at radius 2 is 1.82 bits per heavy atom. The summed E-state index contributed by atoms with van der Waals surface area (Å²) in [5.41, 5.74) is 7.42. The molecule has 0 fully saturated rings. The highest BCUT2D eigenvalue weighted by molar-refractivity contribution is 5.15. The van der Waals surface area contributed by atoms with Crippen molar-refractivity contribution in [1.29, 1.82) is 0 Å². The first kappa shape index (κ1) is 14.2. The molecule has 17 heavy (non-hydrogen) atoms. The molecule has 0 saturated heterocycles. The topological polar surface area (TPSA) is 29.3 Å². The lowest BCUT2D eigenvalue weighted by molar-refractivity contribution is 0.0963. The van der Waals surface area contributed by atoms with Gasteiger partial charge in [0, 0.05) is 18.6 Å². The highest BCUT2D eigenvalue weighted by atomic mass is 15.2.